The second kappa shape index (κ2) is 6.09. The lowest BCUT2D eigenvalue weighted by Crippen LogP contribution is -2.33. The SMILES string of the molecule is CCOc1c(N)cccc1-c1nnnn1C(C)(C)COC. The van der Waals surface area contributed by atoms with E-state index in [1.54, 1.807) is 17.9 Å². The summed E-state index contributed by atoms with van der Waals surface area (Å²) in [5.41, 5.74) is 6.95. The Hall–Kier alpha value is -2.15. The van der Waals surface area contributed by atoms with Gasteiger partial charge in [0.15, 0.2) is 11.6 Å². The van der Waals surface area contributed by atoms with E-state index >= 15 is 0 Å². The van der Waals surface area contributed by atoms with Gasteiger partial charge in [-0.25, -0.2) is 4.68 Å². The Morgan fingerprint density at radius 1 is 1.33 bits per heavy atom. The first kappa shape index (κ1) is 15.2. The largest absolute Gasteiger partial charge is 0.491 e. The monoisotopic (exact) mass is 291 g/mol. The van der Waals surface area contributed by atoms with E-state index in [0.717, 1.165) is 5.56 Å². The number of anilines is 1. The fourth-order valence-electron chi connectivity index (χ4n) is 2.21. The summed E-state index contributed by atoms with van der Waals surface area (Å²) in [6, 6.07) is 5.55. The molecule has 0 saturated heterocycles. The van der Waals surface area contributed by atoms with Crippen LogP contribution in [0.5, 0.6) is 5.75 Å². The van der Waals surface area contributed by atoms with Crippen molar-refractivity contribution in [3.8, 4) is 17.1 Å². The van der Waals surface area contributed by atoms with E-state index in [2.05, 4.69) is 15.5 Å². The number of nitrogens with two attached hydrogens (primary N) is 1. The van der Waals surface area contributed by atoms with E-state index in [4.69, 9.17) is 15.2 Å². The third-order valence-corrected chi connectivity index (χ3v) is 3.12. The molecule has 0 saturated carbocycles. The number of ether oxygens (including phenoxy) is 2. The minimum Gasteiger partial charge on any atom is -0.491 e. The number of aromatic nitrogens is 4. The average molecular weight is 291 g/mol. The van der Waals surface area contributed by atoms with Gasteiger partial charge in [-0.3, -0.25) is 0 Å². The second-order valence-electron chi connectivity index (χ2n) is 5.32. The summed E-state index contributed by atoms with van der Waals surface area (Å²) in [4.78, 5) is 0. The van der Waals surface area contributed by atoms with Crippen LogP contribution in [-0.2, 0) is 10.3 Å². The molecule has 0 aliphatic heterocycles. The molecule has 2 N–H and O–H groups in total. The lowest BCUT2D eigenvalue weighted by Gasteiger charge is -2.25. The first-order valence-electron chi connectivity index (χ1n) is 6.80. The number of hydrogen-bond donors (Lipinski definition) is 1. The third kappa shape index (κ3) is 2.97. The molecule has 2 rings (SSSR count). The number of nitrogen functional groups attached to an aromatic ring is 1. The van der Waals surface area contributed by atoms with Crippen LogP contribution in [0.15, 0.2) is 18.2 Å². The summed E-state index contributed by atoms with van der Waals surface area (Å²) in [5.74, 6) is 1.21. The first-order valence-corrected chi connectivity index (χ1v) is 6.80. The summed E-state index contributed by atoms with van der Waals surface area (Å²) in [5, 5.41) is 12.0. The molecule has 1 aromatic carbocycles. The normalized spacial score (nSPS) is 11.6. The molecule has 0 radical (unpaired) electrons. The van der Waals surface area contributed by atoms with Crippen molar-refractivity contribution in [2.45, 2.75) is 26.3 Å². The summed E-state index contributed by atoms with van der Waals surface area (Å²) in [7, 11) is 1.65. The highest BCUT2D eigenvalue weighted by molar-refractivity contribution is 5.73. The van der Waals surface area contributed by atoms with Crippen molar-refractivity contribution < 1.29 is 9.47 Å². The number of hydrogen-bond acceptors (Lipinski definition) is 6. The van der Waals surface area contributed by atoms with Crippen LogP contribution in [0.1, 0.15) is 20.8 Å². The number of nitrogens with zero attached hydrogens (tertiary/aromatic N) is 4. The van der Waals surface area contributed by atoms with Crippen molar-refractivity contribution in [1.82, 2.24) is 20.2 Å². The van der Waals surface area contributed by atoms with Crippen molar-refractivity contribution >= 4 is 5.69 Å². The maximum absolute atomic E-state index is 6.00. The van der Waals surface area contributed by atoms with Crippen molar-refractivity contribution in [2.75, 3.05) is 26.1 Å². The zero-order valence-electron chi connectivity index (χ0n) is 12.8. The Balaban J connectivity index is 2.54. The minimum atomic E-state index is -0.387. The van der Waals surface area contributed by atoms with Crippen LogP contribution in [0.3, 0.4) is 0 Å². The van der Waals surface area contributed by atoms with Crippen LogP contribution in [0.2, 0.25) is 0 Å². The second-order valence-corrected chi connectivity index (χ2v) is 5.32. The molecule has 1 heterocycles. The lowest BCUT2D eigenvalue weighted by atomic mass is 10.1. The number of benzene rings is 1. The molecule has 0 fully saturated rings. The van der Waals surface area contributed by atoms with Crippen LogP contribution in [0.25, 0.3) is 11.4 Å². The Morgan fingerprint density at radius 3 is 2.76 bits per heavy atom. The van der Waals surface area contributed by atoms with Crippen LogP contribution in [-0.4, -0.2) is 40.5 Å². The van der Waals surface area contributed by atoms with Crippen molar-refractivity contribution in [3.63, 3.8) is 0 Å². The maximum Gasteiger partial charge on any atom is 0.186 e. The number of para-hydroxylation sites is 1. The van der Waals surface area contributed by atoms with Gasteiger partial charge in [0.05, 0.1) is 30.0 Å². The summed E-state index contributed by atoms with van der Waals surface area (Å²) >= 11 is 0. The molecule has 7 nitrogen and oxygen atoms in total. The summed E-state index contributed by atoms with van der Waals surface area (Å²) in [6.07, 6.45) is 0. The van der Waals surface area contributed by atoms with Crippen LogP contribution in [0.4, 0.5) is 5.69 Å². The maximum atomic E-state index is 6.00. The predicted molar refractivity (Wildman–Crippen MR) is 80.0 cm³/mol. The molecule has 114 valence electrons. The van der Waals surface area contributed by atoms with Gasteiger partial charge < -0.3 is 15.2 Å². The van der Waals surface area contributed by atoms with E-state index in [1.165, 1.54) is 0 Å². The topological polar surface area (TPSA) is 88.1 Å². The van der Waals surface area contributed by atoms with Crippen molar-refractivity contribution in [2.24, 2.45) is 0 Å². The molecule has 1 aromatic heterocycles. The van der Waals surface area contributed by atoms with E-state index < -0.39 is 0 Å². The molecule has 2 aromatic rings. The third-order valence-electron chi connectivity index (χ3n) is 3.12. The predicted octanol–water partition coefficient (Wildman–Crippen LogP) is 1.70. The van der Waals surface area contributed by atoms with Crippen LogP contribution >= 0.6 is 0 Å². The van der Waals surface area contributed by atoms with Gasteiger partial charge in [-0.15, -0.1) is 5.10 Å². The van der Waals surface area contributed by atoms with Gasteiger partial charge in [-0.1, -0.05) is 6.07 Å². The van der Waals surface area contributed by atoms with Crippen molar-refractivity contribution in [3.05, 3.63) is 18.2 Å². The van der Waals surface area contributed by atoms with Gasteiger partial charge in [-0.2, -0.15) is 0 Å². The summed E-state index contributed by atoms with van der Waals surface area (Å²) < 4.78 is 12.6. The fourth-order valence-corrected chi connectivity index (χ4v) is 2.21. The van der Waals surface area contributed by atoms with E-state index in [-0.39, 0.29) is 5.54 Å². The van der Waals surface area contributed by atoms with Crippen LogP contribution in [0, 0.1) is 0 Å². The number of rotatable bonds is 6. The number of methoxy groups -OCH3 is 1. The smallest absolute Gasteiger partial charge is 0.186 e. The Kier molecular flexibility index (Phi) is 4.42. The first-order chi connectivity index (χ1) is 10.0. The van der Waals surface area contributed by atoms with Gasteiger partial charge in [0.1, 0.15) is 0 Å². The Morgan fingerprint density at radius 2 is 2.10 bits per heavy atom. The molecular formula is C14H21N5O2. The van der Waals surface area contributed by atoms with E-state index in [0.29, 0.717) is 30.5 Å². The van der Waals surface area contributed by atoms with E-state index in [1.807, 2.05) is 32.9 Å². The quantitative estimate of drug-likeness (QED) is 0.815. The zero-order chi connectivity index (χ0) is 15.5. The molecule has 0 bridgehead atoms. The Labute approximate surface area is 124 Å². The molecule has 0 atom stereocenters. The molecule has 21 heavy (non-hydrogen) atoms. The highest BCUT2D eigenvalue weighted by Crippen LogP contribution is 2.35. The highest BCUT2D eigenvalue weighted by Gasteiger charge is 2.27. The molecule has 0 amide bonds. The molecule has 0 spiro atoms. The van der Waals surface area contributed by atoms with Gasteiger partial charge in [0, 0.05) is 7.11 Å². The van der Waals surface area contributed by atoms with E-state index in [9.17, 15) is 0 Å². The summed E-state index contributed by atoms with van der Waals surface area (Å²) in [6.45, 7) is 6.92. The standard InChI is InChI=1S/C14H21N5O2/c1-5-21-12-10(7-6-8-11(12)15)13-16-17-18-19(13)14(2,3)9-20-4/h6-8H,5,9,15H2,1-4H3. The molecule has 0 aliphatic carbocycles. The lowest BCUT2D eigenvalue weighted by molar-refractivity contribution is 0.101. The Bertz CT molecular complexity index is 609. The number of tetrazole rings is 1. The average Bonchev–Trinajstić information content (AvgIpc) is 2.91. The molecule has 0 unspecified atom stereocenters. The van der Waals surface area contributed by atoms with Gasteiger partial charge in [-0.05, 0) is 43.3 Å². The van der Waals surface area contributed by atoms with Gasteiger partial charge in [0.25, 0.3) is 0 Å². The van der Waals surface area contributed by atoms with Crippen LogP contribution < -0.4 is 10.5 Å². The molecule has 7 heteroatoms. The zero-order valence-corrected chi connectivity index (χ0v) is 12.8. The highest BCUT2D eigenvalue weighted by atomic mass is 16.5. The van der Waals surface area contributed by atoms with Gasteiger partial charge in [0.2, 0.25) is 0 Å². The fraction of sp³-hybridized carbons (Fsp3) is 0.500. The van der Waals surface area contributed by atoms with Crippen molar-refractivity contribution in [1.29, 1.82) is 0 Å². The molecule has 0 aliphatic rings. The minimum absolute atomic E-state index is 0.387. The molecular weight excluding hydrogens is 270 g/mol. The van der Waals surface area contributed by atoms with Gasteiger partial charge >= 0.3 is 0 Å².